The maximum atomic E-state index is 13.4. The number of ketones is 1. The van der Waals surface area contributed by atoms with Crippen molar-refractivity contribution in [2.24, 2.45) is 0 Å². The minimum atomic E-state index is -0.602. The Labute approximate surface area is 122 Å². The van der Waals surface area contributed by atoms with Crippen LogP contribution in [0.1, 0.15) is 28.8 Å². The van der Waals surface area contributed by atoms with Crippen molar-refractivity contribution in [2.75, 3.05) is 6.61 Å². The van der Waals surface area contributed by atoms with Gasteiger partial charge in [-0.1, -0.05) is 36.4 Å². The van der Waals surface area contributed by atoms with Gasteiger partial charge in [-0.2, -0.15) is 5.26 Å². The van der Waals surface area contributed by atoms with E-state index in [1.165, 1.54) is 12.1 Å². The molecule has 2 rings (SSSR count). The van der Waals surface area contributed by atoms with Crippen LogP contribution in [0.4, 0.5) is 4.39 Å². The van der Waals surface area contributed by atoms with Crippen molar-refractivity contribution in [2.45, 2.75) is 12.8 Å². The van der Waals surface area contributed by atoms with E-state index in [0.29, 0.717) is 18.4 Å². The van der Waals surface area contributed by atoms with Crippen LogP contribution < -0.4 is 4.74 Å². The number of rotatable bonds is 6. The summed E-state index contributed by atoms with van der Waals surface area (Å²) >= 11 is 0. The van der Waals surface area contributed by atoms with Crippen molar-refractivity contribution in [3.8, 4) is 11.8 Å². The van der Waals surface area contributed by atoms with Crippen LogP contribution in [0, 0.1) is 17.1 Å². The van der Waals surface area contributed by atoms with Gasteiger partial charge in [0.1, 0.15) is 23.2 Å². The van der Waals surface area contributed by atoms with Crippen molar-refractivity contribution in [3.63, 3.8) is 0 Å². The first-order valence-electron chi connectivity index (χ1n) is 6.62. The van der Waals surface area contributed by atoms with Gasteiger partial charge >= 0.3 is 0 Å². The molecule has 0 atom stereocenters. The summed E-state index contributed by atoms with van der Waals surface area (Å²) in [7, 11) is 0. The summed E-state index contributed by atoms with van der Waals surface area (Å²) in [6.07, 6.45) is 0.857. The zero-order valence-corrected chi connectivity index (χ0v) is 11.4. The Balaban J connectivity index is 1.85. The molecule has 3 nitrogen and oxygen atoms in total. The molecule has 0 amide bonds. The number of nitrogens with zero attached hydrogens (tertiary/aromatic N) is 1. The quantitative estimate of drug-likeness (QED) is 0.599. The minimum absolute atomic E-state index is 0.0407. The van der Waals surface area contributed by atoms with Crippen LogP contribution in [0.15, 0.2) is 48.5 Å². The summed E-state index contributed by atoms with van der Waals surface area (Å²) in [5.41, 5.74) is 0.563. The van der Waals surface area contributed by atoms with Crippen LogP contribution in [0.2, 0.25) is 0 Å². The standard InChI is InChI=1S/C17H14FNO2/c18-15-8-4-10-17(14(15)12-19)21-11-5-9-16(20)13-6-2-1-3-7-13/h1-4,6-8,10H,5,9,11H2. The van der Waals surface area contributed by atoms with E-state index in [-0.39, 0.29) is 23.7 Å². The number of carbonyl (C=O) groups is 1. The molecular formula is C17H14FNO2. The number of carbonyl (C=O) groups excluding carboxylic acids is 1. The molecule has 0 aliphatic heterocycles. The Morgan fingerprint density at radius 2 is 1.90 bits per heavy atom. The van der Waals surface area contributed by atoms with Crippen LogP contribution in [-0.4, -0.2) is 12.4 Å². The Hall–Kier alpha value is -2.67. The molecule has 21 heavy (non-hydrogen) atoms. The van der Waals surface area contributed by atoms with Gasteiger partial charge in [0.2, 0.25) is 0 Å². The van der Waals surface area contributed by atoms with Crippen LogP contribution in [0.5, 0.6) is 5.75 Å². The van der Waals surface area contributed by atoms with E-state index in [9.17, 15) is 9.18 Å². The third kappa shape index (κ3) is 3.90. The van der Waals surface area contributed by atoms with E-state index in [2.05, 4.69) is 0 Å². The number of halogens is 1. The van der Waals surface area contributed by atoms with Gasteiger partial charge in [0.25, 0.3) is 0 Å². The predicted molar refractivity (Wildman–Crippen MR) is 76.6 cm³/mol. The van der Waals surface area contributed by atoms with E-state index in [1.807, 2.05) is 18.2 Å². The summed E-state index contributed by atoms with van der Waals surface area (Å²) in [5, 5.41) is 8.87. The lowest BCUT2D eigenvalue weighted by Gasteiger charge is -2.07. The number of hydrogen-bond acceptors (Lipinski definition) is 3. The summed E-state index contributed by atoms with van der Waals surface area (Å²) in [6, 6.07) is 15.0. The Morgan fingerprint density at radius 1 is 1.14 bits per heavy atom. The molecule has 2 aromatic carbocycles. The topological polar surface area (TPSA) is 50.1 Å². The second-order valence-corrected chi connectivity index (χ2v) is 4.47. The molecule has 106 valence electrons. The van der Waals surface area contributed by atoms with Gasteiger partial charge in [-0.25, -0.2) is 4.39 Å². The highest BCUT2D eigenvalue weighted by atomic mass is 19.1. The van der Waals surface area contributed by atoms with Crippen LogP contribution in [-0.2, 0) is 0 Å². The van der Waals surface area contributed by atoms with Gasteiger partial charge in [0.05, 0.1) is 6.61 Å². The molecule has 0 aromatic heterocycles. The molecule has 0 aliphatic carbocycles. The third-order valence-electron chi connectivity index (χ3n) is 2.99. The lowest BCUT2D eigenvalue weighted by atomic mass is 10.1. The maximum Gasteiger partial charge on any atom is 0.163 e. The molecule has 0 N–H and O–H groups in total. The molecule has 0 bridgehead atoms. The SMILES string of the molecule is N#Cc1c(F)cccc1OCCCC(=O)c1ccccc1. The van der Waals surface area contributed by atoms with E-state index in [1.54, 1.807) is 24.3 Å². The first-order valence-corrected chi connectivity index (χ1v) is 6.62. The smallest absolute Gasteiger partial charge is 0.163 e. The summed E-state index contributed by atoms with van der Waals surface area (Å²) in [6.45, 7) is 0.261. The first kappa shape index (κ1) is 14.7. The first-order chi connectivity index (χ1) is 10.2. The van der Waals surface area contributed by atoms with Crippen LogP contribution >= 0.6 is 0 Å². The maximum absolute atomic E-state index is 13.4. The second-order valence-electron chi connectivity index (χ2n) is 4.47. The summed E-state index contributed by atoms with van der Waals surface area (Å²) in [5.74, 6) is -0.348. The highest BCUT2D eigenvalue weighted by Gasteiger charge is 2.09. The Bertz CT molecular complexity index is 662. The van der Waals surface area contributed by atoms with Crippen molar-refractivity contribution in [1.29, 1.82) is 5.26 Å². The molecule has 0 spiro atoms. The highest BCUT2D eigenvalue weighted by Crippen LogP contribution is 2.20. The van der Waals surface area contributed by atoms with Crippen molar-refractivity contribution < 1.29 is 13.9 Å². The molecule has 2 aromatic rings. The monoisotopic (exact) mass is 283 g/mol. The molecule has 0 heterocycles. The lowest BCUT2D eigenvalue weighted by molar-refractivity contribution is 0.0973. The highest BCUT2D eigenvalue weighted by molar-refractivity contribution is 5.95. The summed E-state index contributed by atoms with van der Waals surface area (Å²) < 4.78 is 18.7. The molecule has 0 unspecified atom stereocenters. The predicted octanol–water partition coefficient (Wildman–Crippen LogP) is 3.74. The number of nitriles is 1. The molecule has 0 radical (unpaired) electrons. The fourth-order valence-electron chi connectivity index (χ4n) is 1.92. The van der Waals surface area contributed by atoms with Crippen LogP contribution in [0.3, 0.4) is 0 Å². The average molecular weight is 283 g/mol. The minimum Gasteiger partial charge on any atom is -0.492 e. The molecule has 0 saturated carbocycles. The van der Waals surface area contributed by atoms with Crippen molar-refractivity contribution >= 4 is 5.78 Å². The fraction of sp³-hybridized carbons (Fsp3) is 0.176. The van der Waals surface area contributed by atoms with Gasteiger partial charge in [-0.3, -0.25) is 4.79 Å². The molecular weight excluding hydrogens is 269 g/mol. The second kappa shape index (κ2) is 7.20. The summed E-state index contributed by atoms with van der Waals surface area (Å²) in [4.78, 5) is 11.9. The number of ether oxygens (including phenoxy) is 1. The van der Waals surface area contributed by atoms with Crippen LogP contribution in [0.25, 0.3) is 0 Å². The Kier molecular flexibility index (Phi) is 5.05. The number of hydrogen-bond donors (Lipinski definition) is 0. The van der Waals surface area contributed by atoms with Crippen molar-refractivity contribution in [1.82, 2.24) is 0 Å². The lowest BCUT2D eigenvalue weighted by Crippen LogP contribution is -2.05. The van der Waals surface area contributed by atoms with E-state index >= 15 is 0 Å². The van der Waals surface area contributed by atoms with Crippen molar-refractivity contribution in [3.05, 3.63) is 65.5 Å². The van der Waals surface area contributed by atoms with E-state index in [4.69, 9.17) is 10.00 Å². The van der Waals surface area contributed by atoms with E-state index < -0.39 is 5.82 Å². The number of Topliss-reactive ketones (excluding diaryl/α,β-unsaturated/α-hetero) is 1. The number of benzene rings is 2. The van der Waals surface area contributed by atoms with E-state index in [0.717, 1.165) is 0 Å². The normalized spacial score (nSPS) is 9.90. The Morgan fingerprint density at radius 3 is 2.62 bits per heavy atom. The van der Waals surface area contributed by atoms with Gasteiger partial charge in [0, 0.05) is 12.0 Å². The zero-order chi connectivity index (χ0) is 15.1. The molecule has 4 heteroatoms. The van der Waals surface area contributed by atoms with Gasteiger partial charge < -0.3 is 4.74 Å². The zero-order valence-electron chi connectivity index (χ0n) is 11.4. The van der Waals surface area contributed by atoms with Gasteiger partial charge in [-0.05, 0) is 18.6 Å². The fourth-order valence-corrected chi connectivity index (χ4v) is 1.92. The molecule has 0 aliphatic rings. The average Bonchev–Trinajstić information content (AvgIpc) is 2.52. The van der Waals surface area contributed by atoms with Gasteiger partial charge in [-0.15, -0.1) is 0 Å². The van der Waals surface area contributed by atoms with Gasteiger partial charge in [0.15, 0.2) is 5.78 Å². The molecule has 0 saturated heterocycles. The molecule has 0 fully saturated rings. The largest absolute Gasteiger partial charge is 0.492 e. The third-order valence-corrected chi connectivity index (χ3v) is 2.99.